The van der Waals surface area contributed by atoms with Crippen LogP contribution in [0.15, 0.2) is 30.5 Å². The van der Waals surface area contributed by atoms with Gasteiger partial charge in [0.05, 0.1) is 25.1 Å². The Morgan fingerprint density at radius 1 is 1.04 bits per heavy atom. The first-order chi connectivity index (χ1) is 12.7. The van der Waals surface area contributed by atoms with Crippen LogP contribution in [0.1, 0.15) is 44.4 Å². The van der Waals surface area contributed by atoms with Gasteiger partial charge in [-0.3, -0.25) is 4.40 Å². The Balaban J connectivity index is 1.79. The molecule has 0 aliphatic rings. The Morgan fingerprint density at radius 3 is 2.35 bits per heavy atom. The Morgan fingerprint density at radius 2 is 1.73 bits per heavy atom. The van der Waals surface area contributed by atoms with E-state index in [1.807, 2.05) is 24.3 Å². The van der Waals surface area contributed by atoms with Crippen molar-refractivity contribution in [3.8, 4) is 17.1 Å². The summed E-state index contributed by atoms with van der Waals surface area (Å²) in [4.78, 5) is 4.03. The highest BCUT2D eigenvalue weighted by molar-refractivity contribution is 7.17. The zero-order valence-corrected chi connectivity index (χ0v) is 16.8. The van der Waals surface area contributed by atoms with E-state index in [1.54, 1.807) is 23.3 Å². The van der Waals surface area contributed by atoms with E-state index < -0.39 is 0 Å². The van der Waals surface area contributed by atoms with E-state index in [0.29, 0.717) is 0 Å². The summed E-state index contributed by atoms with van der Waals surface area (Å²) in [5.41, 5.74) is 1.06. The molecule has 0 saturated carbocycles. The molecular formula is C20H29N4OS+. The third-order valence-corrected chi connectivity index (χ3v) is 5.67. The van der Waals surface area contributed by atoms with Crippen molar-refractivity contribution in [1.29, 1.82) is 0 Å². The average molecular weight is 374 g/mol. The van der Waals surface area contributed by atoms with Gasteiger partial charge < -0.3 is 9.64 Å². The van der Waals surface area contributed by atoms with Crippen molar-refractivity contribution >= 4 is 16.3 Å². The molecule has 6 heteroatoms. The van der Waals surface area contributed by atoms with E-state index in [4.69, 9.17) is 4.74 Å². The van der Waals surface area contributed by atoms with Gasteiger partial charge in [0.25, 0.3) is 0 Å². The zero-order chi connectivity index (χ0) is 18.4. The molecule has 0 aliphatic heterocycles. The van der Waals surface area contributed by atoms with Gasteiger partial charge in [-0.15, -0.1) is 10.2 Å². The molecule has 0 fully saturated rings. The van der Waals surface area contributed by atoms with Crippen LogP contribution in [-0.4, -0.2) is 34.8 Å². The lowest BCUT2D eigenvalue weighted by Crippen LogP contribution is -3.10. The Bertz CT molecular complexity index is 801. The van der Waals surface area contributed by atoms with Crippen LogP contribution in [-0.2, 0) is 6.54 Å². The molecule has 3 rings (SSSR count). The maximum absolute atomic E-state index is 5.24. The van der Waals surface area contributed by atoms with Gasteiger partial charge in [-0.05, 0) is 37.1 Å². The molecular weight excluding hydrogens is 344 g/mol. The summed E-state index contributed by atoms with van der Waals surface area (Å²) < 4.78 is 7.37. The number of nitrogens with one attached hydrogen (secondary N) is 1. The van der Waals surface area contributed by atoms with E-state index in [9.17, 15) is 0 Å². The maximum Gasteiger partial charge on any atom is 0.216 e. The smallest absolute Gasteiger partial charge is 0.216 e. The van der Waals surface area contributed by atoms with Gasteiger partial charge in [-0.1, -0.05) is 38.0 Å². The van der Waals surface area contributed by atoms with Crippen LogP contribution in [0.3, 0.4) is 0 Å². The molecule has 0 saturated heterocycles. The number of aromatic nitrogens is 3. The number of thiazole rings is 1. The fourth-order valence-electron chi connectivity index (χ4n) is 3.17. The second kappa shape index (κ2) is 9.14. The molecule has 140 valence electrons. The van der Waals surface area contributed by atoms with Crippen molar-refractivity contribution in [3.63, 3.8) is 0 Å². The lowest BCUT2D eigenvalue weighted by Gasteiger charge is -2.18. The van der Waals surface area contributed by atoms with Gasteiger partial charge in [0.1, 0.15) is 12.3 Å². The van der Waals surface area contributed by atoms with Crippen LogP contribution in [0.2, 0.25) is 0 Å². The predicted octanol–water partition coefficient (Wildman–Crippen LogP) is 3.45. The Labute approximate surface area is 159 Å². The monoisotopic (exact) mass is 373 g/mol. The quantitative estimate of drug-likeness (QED) is 0.592. The van der Waals surface area contributed by atoms with Gasteiger partial charge in [-0.25, -0.2) is 0 Å². The first-order valence-corrected chi connectivity index (χ1v) is 10.4. The number of nitrogens with zero attached hydrogens (tertiary/aromatic N) is 3. The van der Waals surface area contributed by atoms with Crippen molar-refractivity contribution in [2.24, 2.45) is 0 Å². The predicted molar refractivity (Wildman–Crippen MR) is 107 cm³/mol. The molecule has 5 nitrogen and oxygen atoms in total. The molecule has 1 N–H and O–H groups in total. The average Bonchev–Trinajstić information content (AvgIpc) is 3.24. The van der Waals surface area contributed by atoms with Gasteiger partial charge in [0, 0.05) is 11.8 Å². The Hall–Kier alpha value is -1.92. The molecule has 0 bridgehead atoms. The van der Waals surface area contributed by atoms with Crippen molar-refractivity contribution in [2.45, 2.75) is 46.1 Å². The van der Waals surface area contributed by atoms with E-state index >= 15 is 0 Å². The first-order valence-electron chi connectivity index (χ1n) is 9.56. The summed E-state index contributed by atoms with van der Waals surface area (Å²) in [7, 11) is 1.68. The van der Waals surface area contributed by atoms with E-state index in [-0.39, 0.29) is 0 Å². The second-order valence-corrected chi connectivity index (χ2v) is 7.83. The van der Waals surface area contributed by atoms with Crippen molar-refractivity contribution in [3.05, 3.63) is 35.3 Å². The molecule has 0 atom stereocenters. The highest BCUT2D eigenvalue weighted by Gasteiger charge is 2.15. The Kier molecular flexibility index (Phi) is 6.63. The second-order valence-electron chi connectivity index (χ2n) is 6.74. The number of fused-ring (bicyclic) bond motifs is 1. The molecule has 0 unspecified atom stereocenters. The van der Waals surface area contributed by atoms with Crippen LogP contribution in [0.4, 0.5) is 0 Å². The first kappa shape index (κ1) is 18.9. The number of hydrogen-bond acceptors (Lipinski definition) is 4. The minimum Gasteiger partial charge on any atom is -0.497 e. The van der Waals surface area contributed by atoms with Gasteiger partial charge in [0.2, 0.25) is 4.96 Å². The highest BCUT2D eigenvalue weighted by Crippen LogP contribution is 2.25. The number of hydrogen-bond donors (Lipinski definition) is 1. The van der Waals surface area contributed by atoms with Crippen molar-refractivity contribution < 1.29 is 9.64 Å². The number of methoxy groups -OCH3 is 1. The van der Waals surface area contributed by atoms with Crippen LogP contribution in [0.5, 0.6) is 5.75 Å². The highest BCUT2D eigenvalue weighted by atomic mass is 32.1. The van der Waals surface area contributed by atoms with E-state index in [1.165, 1.54) is 43.6 Å². The fraction of sp³-hybridized carbons (Fsp3) is 0.500. The lowest BCUT2D eigenvalue weighted by atomic mass is 10.2. The zero-order valence-electron chi connectivity index (χ0n) is 16.0. The van der Waals surface area contributed by atoms with Gasteiger partial charge in [-0.2, -0.15) is 0 Å². The number of quaternary nitrogens is 1. The van der Waals surface area contributed by atoms with Crippen LogP contribution < -0.4 is 9.64 Å². The summed E-state index contributed by atoms with van der Waals surface area (Å²) in [5, 5.41) is 8.76. The van der Waals surface area contributed by atoms with Crippen molar-refractivity contribution in [1.82, 2.24) is 14.6 Å². The third kappa shape index (κ3) is 4.43. The van der Waals surface area contributed by atoms with Gasteiger partial charge in [0.15, 0.2) is 5.82 Å². The number of ether oxygens (including phenoxy) is 1. The minimum absolute atomic E-state index is 0.853. The largest absolute Gasteiger partial charge is 0.497 e. The molecule has 0 spiro atoms. The third-order valence-electron chi connectivity index (χ3n) is 4.70. The molecule has 2 heterocycles. The molecule has 3 aromatic rings. The molecule has 2 aromatic heterocycles. The van der Waals surface area contributed by atoms with Crippen LogP contribution in [0.25, 0.3) is 16.3 Å². The standard InChI is InChI=1S/C20H28N4OS/c1-4-6-12-23(13-7-5-2)14-18-15-24-19(21-22-20(24)26-18)16-8-10-17(25-3)11-9-16/h8-11,15H,4-7,12-14H2,1-3H3/p+1. The molecule has 0 radical (unpaired) electrons. The summed E-state index contributed by atoms with van der Waals surface area (Å²) in [6.07, 6.45) is 7.32. The number of unbranched alkanes of at least 4 members (excludes halogenated alkanes) is 2. The summed E-state index contributed by atoms with van der Waals surface area (Å²) >= 11 is 1.76. The minimum atomic E-state index is 0.853. The summed E-state index contributed by atoms with van der Waals surface area (Å²) in [6, 6.07) is 8.00. The van der Waals surface area contributed by atoms with Crippen molar-refractivity contribution in [2.75, 3.05) is 20.2 Å². The van der Waals surface area contributed by atoms with E-state index in [2.05, 4.69) is 34.6 Å². The fourth-order valence-corrected chi connectivity index (χ4v) is 4.16. The van der Waals surface area contributed by atoms with Crippen LogP contribution in [0, 0.1) is 0 Å². The maximum atomic E-state index is 5.24. The molecule has 26 heavy (non-hydrogen) atoms. The van der Waals surface area contributed by atoms with Gasteiger partial charge >= 0.3 is 0 Å². The number of rotatable bonds is 10. The molecule has 0 amide bonds. The summed E-state index contributed by atoms with van der Waals surface area (Å²) in [6.45, 7) is 8.11. The van der Waals surface area contributed by atoms with E-state index in [0.717, 1.165) is 28.6 Å². The summed E-state index contributed by atoms with van der Waals surface area (Å²) in [5.74, 6) is 1.75. The normalized spacial score (nSPS) is 11.5. The SMILES string of the molecule is CCCC[NH+](CCCC)Cc1cn2c(-c3ccc(OC)cc3)nnc2s1. The lowest BCUT2D eigenvalue weighted by molar-refractivity contribution is -0.914. The number of benzene rings is 1. The molecule has 0 aliphatic carbocycles. The van der Waals surface area contributed by atoms with Crippen LogP contribution >= 0.6 is 11.3 Å². The topological polar surface area (TPSA) is 43.9 Å². The molecule has 1 aromatic carbocycles.